The normalized spacial score (nSPS) is 10.5. The van der Waals surface area contributed by atoms with Gasteiger partial charge in [0.2, 0.25) is 0 Å². The third-order valence-electron chi connectivity index (χ3n) is 3.14. The van der Waals surface area contributed by atoms with E-state index in [1.54, 1.807) is 11.3 Å². The first-order valence-electron chi connectivity index (χ1n) is 6.59. The molecule has 3 heteroatoms. The predicted octanol–water partition coefficient (Wildman–Crippen LogP) is 5.17. The second-order valence-corrected chi connectivity index (χ2v) is 5.79. The van der Waals surface area contributed by atoms with Crippen molar-refractivity contribution in [1.82, 2.24) is 4.98 Å². The number of rotatable bonds is 3. The van der Waals surface area contributed by atoms with Gasteiger partial charge in [0.05, 0.1) is 10.6 Å². The minimum atomic E-state index is 0.935. The number of aryl methyl sites for hydroxylation is 2. The van der Waals surface area contributed by atoms with E-state index in [1.807, 2.05) is 30.3 Å². The summed E-state index contributed by atoms with van der Waals surface area (Å²) >= 11 is 1.69. The molecular weight excluding hydrogens is 264 g/mol. The van der Waals surface area contributed by atoms with Gasteiger partial charge in [0, 0.05) is 5.69 Å². The van der Waals surface area contributed by atoms with Crippen molar-refractivity contribution in [3.8, 4) is 10.4 Å². The van der Waals surface area contributed by atoms with Crippen LogP contribution in [0.1, 0.15) is 11.3 Å². The fourth-order valence-electron chi connectivity index (χ4n) is 2.07. The zero-order valence-corrected chi connectivity index (χ0v) is 12.4. The summed E-state index contributed by atoms with van der Waals surface area (Å²) in [6, 6.07) is 18.7. The molecular formula is C17H16N2S. The summed E-state index contributed by atoms with van der Waals surface area (Å²) in [4.78, 5) is 5.84. The molecule has 20 heavy (non-hydrogen) atoms. The number of nitrogens with zero attached hydrogens (tertiary/aromatic N) is 1. The van der Waals surface area contributed by atoms with Gasteiger partial charge in [-0.2, -0.15) is 0 Å². The summed E-state index contributed by atoms with van der Waals surface area (Å²) in [6.07, 6.45) is 0. The Balaban J connectivity index is 1.89. The average Bonchev–Trinajstić information content (AvgIpc) is 2.81. The highest BCUT2D eigenvalue weighted by atomic mass is 32.1. The van der Waals surface area contributed by atoms with Crippen molar-refractivity contribution in [2.75, 3.05) is 5.32 Å². The first kappa shape index (κ1) is 12.9. The second-order valence-electron chi connectivity index (χ2n) is 4.79. The molecule has 0 atom stereocenters. The van der Waals surface area contributed by atoms with E-state index in [1.165, 1.54) is 16.0 Å². The van der Waals surface area contributed by atoms with Gasteiger partial charge in [-0.15, -0.1) is 0 Å². The summed E-state index contributed by atoms with van der Waals surface area (Å²) in [5.41, 5.74) is 4.64. The number of nitrogens with one attached hydrogen (secondary N) is 1. The minimum Gasteiger partial charge on any atom is -0.332 e. The van der Waals surface area contributed by atoms with E-state index in [0.717, 1.165) is 16.5 Å². The Bertz CT molecular complexity index is 700. The van der Waals surface area contributed by atoms with Crippen LogP contribution < -0.4 is 5.32 Å². The Labute approximate surface area is 123 Å². The van der Waals surface area contributed by atoms with Crippen LogP contribution in [-0.4, -0.2) is 4.98 Å². The minimum absolute atomic E-state index is 0.935. The van der Waals surface area contributed by atoms with Gasteiger partial charge >= 0.3 is 0 Å². The van der Waals surface area contributed by atoms with Crippen LogP contribution in [-0.2, 0) is 0 Å². The molecule has 100 valence electrons. The Morgan fingerprint density at radius 1 is 0.900 bits per heavy atom. The third-order valence-corrected chi connectivity index (χ3v) is 4.26. The van der Waals surface area contributed by atoms with E-state index >= 15 is 0 Å². The average molecular weight is 280 g/mol. The van der Waals surface area contributed by atoms with E-state index < -0.39 is 0 Å². The van der Waals surface area contributed by atoms with Crippen LogP contribution in [0.5, 0.6) is 0 Å². The van der Waals surface area contributed by atoms with Gasteiger partial charge in [-0.25, -0.2) is 4.98 Å². The van der Waals surface area contributed by atoms with E-state index in [0.29, 0.717) is 0 Å². The van der Waals surface area contributed by atoms with Crippen molar-refractivity contribution in [1.29, 1.82) is 0 Å². The van der Waals surface area contributed by atoms with Gasteiger partial charge in [-0.05, 0) is 31.5 Å². The zero-order chi connectivity index (χ0) is 13.9. The summed E-state index contributed by atoms with van der Waals surface area (Å²) in [5, 5.41) is 4.29. The number of para-hydroxylation sites is 1. The van der Waals surface area contributed by atoms with Crippen molar-refractivity contribution in [3.63, 3.8) is 0 Å². The molecule has 3 rings (SSSR count). The molecule has 1 heterocycles. The Hall–Kier alpha value is -2.13. The van der Waals surface area contributed by atoms with Crippen LogP contribution in [0.15, 0.2) is 54.6 Å². The largest absolute Gasteiger partial charge is 0.332 e. The number of hydrogen-bond acceptors (Lipinski definition) is 3. The maximum atomic E-state index is 4.61. The molecule has 2 aromatic carbocycles. The van der Waals surface area contributed by atoms with E-state index in [9.17, 15) is 0 Å². The number of benzene rings is 2. The van der Waals surface area contributed by atoms with Crippen LogP contribution in [0, 0.1) is 13.8 Å². The molecule has 0 aliphatic rings. The van der Waals surface area contributed by atoms with Crippen LogP contribution in [0.2, 0.25) is 0 Å². The predicted molar refractivity (Wildman–Crippen MR) is 86.7 cm³/mol. The number of aromatic nitrogens is 1. The second kappa shape index (κ2) is 5.47. The Kier molecular flexibility index (Phi) is 3.52. The van der Waals surface area contributed by atoms with Gasteiger partial charge in [0.15, 0.2) is 5.13 Å². The molecule has 0 aliphatic heterocycles. The molecule has 0 saturated heterocycles. The quantitative estimate of drug-likeness (QED) is 0.716. The fraction of sp³-hybridized carbons (Fsp3) is 0.118. The molecule has 0 aliphatic carbocycles. The van der Waals surface area contributed by atoms with E-state index in [-0.39, 0.29) is 0 Å². The molecule has 1 aromatic heterocycles. The van der Waals surface area contributed by atoms with Crippen molar-refractivity contribution in [2.45, 2.75) is 13.8 Å². The monoisotopic (exact) mass is 280 g/mol. The molecule has 0 fully saturated rings. The first-order valence-corrected chi connectivity index (χ1v) is 7.40. The zero-order valence-electron chi connectivity index (χ0n) is 11.6. The van der Waals surface area contributed by atoms with Crippen molar-refractivity contribution in [2.24, 2.45) is 0 Å². The topological polar surface area (TPSA) is 24.9 Å². The third kappa shape index (κ3) is 2.73. The summed E-state index contributed by atoms with van der Waals surface area (Å²) in [5.74, 6) is 0. The Morgan fingerprint density at radius 3 is 2.30 bits per heavy atom. The van der Waals surface area contributed by atoms with E-state index in [2.05, 4.69) is 48.4 Å². The Morgan fingerprint density at radius 2 is 1.60 bits per heavy atom. The molecule has 1 N–H and O–H groups in total. The highest BCUT2D eigenvalue weighted by Crippen LogP contribution is 2.34. The van der Waals surface area contributed by atoms with Crippen LogP contribution in [0.3, 0.4) is 0 Å². The summed E-state index contributed by atoms with van der Waals surface area (Å²) < 4.78 is 0. The lowest BCUT2D eigenvalue weighted by Crippen LogP contribution is -1.88. The standard InChI is InChI=1S/C17H16N2S/c1-12-8-10-14(11-9-12)16-13(2)18-17(20-16)19-15-6-4-3-5-7-15/h3-11H,1-2H3,(H,18,19). The fourth-order valence-corrected chi connectivity index (χ4v) is 3.06. The van der Waals surface area contributed by atoms with E-state index in [4.69, 9.17) is 0 Å². The van der Waals surface area contributed by atoms with Crippen molar-refractivity contribution >= 4 is 22.2 Å². The molecule has 0 saturated carbocycles. The lowest BCUT2D eigenvalue weighted by atomic mass is 10.1. The highest BCUT2D eigenvalue weighted by molar-refractivity contribution is 7.19. The number of anilines is 2. The van der Waals surface area contributed by atoms with Crippen LogP contribution in [0.25, 0.3) is 10.4 Å². The maximum absolute atomic E-state index is 4.61. The lowest BCUT2D eigenvalue weighted by molar-refractivity contribution is 1.26. The highest BCUT2D eigenvalue weighted by Gasteiger charge is 2.09. The number of hydrogen-bond donors (Lipinski definition) is 1. The van der Waals surface area contributed by atoms with Gasteiger partial charge in [0.1, 0.15) is 0 Å². The molecule has 0 unspecified atom stereocenters. The smallest absolute Gasteiger partial charge is 0.187 e. The van der Waals surface area contributed by atoms with Gasteiger partial charge in [-0.3, -0.25) is 0 Å². The molecule has 0 bridgehead atoms. The molecule has 3 aromatic rings. The SMILES string of the molecule is Cc1ccc(-c2sc(Nc3ccccc3)nc2C)cc1. The van der Waals surface area contributed by atoms with Gasteiger partial charge in [-0.1, -0.05) is 59.4 Å². The van der Waals surface area contributed by atoms with Crippen LogP contribution >= 0.6 is 11.3 Å². The van der Waals surface area contributed by atoms with Crippen LogP contribution in [0.4, 0.5) is 10.8 Å². The lowest BCUT2D eigenvalue weighted by Gasteiger charge is -2.00. The summed E-state index contributed by atoms with van der Waals surface area (Å²) in [7, 11) is 0. The molecule has 0 spiro atoms. The van der Waals surface area contributed by atoms with Crippen molar-refractivity contribution in [3.05, 3.63) is 65.9 Å². The molecule has 0 amide bonds. The van der Waals surface area contributed by atoms with Gasteiger partial charge in [0.25, 0.3) is 0 Å². The molecule has 2 nitrogen and oxygen atoms in total. The van der Waals surface area contributed by atoms with Crippen molar-refractivity contribution < 1.29 is 0 Å². The first-order chi connectivity index (χ1) is 9.72. The van der Waals surface area contributed by atoms with Gasteiger partial charge < -0.3 is 5.32 Å². The maximum Gasteiger partial charge on any atom is 0.187 e. The summed E-state index contributed by atoms with van der Waals surface area (Å²) in [6.45, 7) is 4.16. The number of thiazole rings is 1. The molecule has 0 radical (unpaired) electrons.